The Balaban J connectivity index is 1.86. The van der Waals surface area contributed by atoms with Gasteiger partial charge in [0, 0.05) is 12.7 Å². The largest absolute Gasteiger partial charge is 0.391 e. The van der Waals surface area contributed by atoms with Crippen molar-refractivity contribution in [2.75, 3.05) is 6.54 Å². The van der Waals surface area contributed by atoms with Gasteiger partial charge in [0.2, 0.25) is 0 Å². The maximum absolute atomic E-state index is 13.1. The summed E-state index contributed by atoms with van der Waals surface area (Å²) in [5.41, 5.74) is 6.25. The van der Waals surface area contributed by atoms with Gasteiger partial charge in [-0.15, -0.1) is 0 Å². The van der Waals surface area contributed by atoms with Crippen LogP contribution in [0, 0.1) is 5.82 Å². The Morgan fingerprint density at radius 1 is 1.21 bits per heavy atom. The molecule has 1 fully saturated rings. The van der Waals surface area contributed by atoms with E-state index in [9.17, 15) is 19.1 Å². The molecule has 0 spiro atoms. The van der Waals surface area contributed by atoms with Crippen molar-refractivity contribution in [3.8, 4) is 0 Å². The summed E-state index contributed by atoms with van der Waals surface area (Å²) < 4.78 is 13.1. The summed E-state index contributed by atoms with van der Waals surface area (Å²) in [4.78, 5) is 29.1. The van der Waals surface area contributed by atoms with Gasteiger partial charge < -0.3 is 15.7 Å². The first-order valence-electron chi connectivity index (χ1n) is 7.46. The van der Waals surface area contributed by atoms with Crippen molar-refractivity contribution < 1.29 is 19.1 Å². The highest BCUT2D eigenvalue weighted by Gasteiger charge is 2.35. The van der Waals surface area contributed by atoms with Crippen LogP contribution in [0.5, 0.6) is 0 Å². The minimum absolute atomic E-state index is 0.0723. The molecule has 0 saturated carbocycles. The number of carbonyl (C=O) groups excluding carboxylic acids is 2. The molecular formula is C17H16FN3O3. The fourth-order valence-corrected chi connectivity index (χ4v) is 2.87. The molecule has 7 heteroatoms. The van der Waals surface area contributed by atoms with Crippen molar-refractivity contribution in [2.45, 2.75) is 18.6 Å². The first-order chi connectivity index (χ1) is 11.5. The summed E-state index contributed by atoms with van der Waals surface area (Å²) in [6.07, 6.45) is 1.01. The molecule has 6 nitrogen and oxygen atoms in total. The lowest BCUT2D eigenvalue weighted by molar-refractivity contribution is 0.0715. The minimum atomic E-state index is -0.671. The number of rotatable bonds is 3. The molecule has 2 amide bonds. The van der Waals surface area contributed by atoms with Gasteiger partial charge in [-0.1, -0.05) is 12.1 Å². The van der Waals surface area contributed by atoms with Crippen LogP contribution in [0.3, 0.4) is 0 Å². The molecule has 3 rings (SSSR count). The van der Waals surface area contributed by atoms with Crippen LogP contribution in [0.4, 0.5) is 4.39 Å². The fourth-order valence-electron chi connectivity index (χ4n) is 2.87. The number of β-amino-alcohol motifs (C(OH)–C–C–N with tert-alkyl or cyclic N) is 1. The van der Waals surface area contributed by atoms with Gasteiger partial charge in [0.05, 0.1) is 17.7 Å². The highest BCUT2D eigenvalue weighted by Crippen LogP contribution is 2.33. The van der Waals surface area contributed by atoms with Gasteiger partial charge in [0.15, 0.2) is 0 Å². The summed E-state index contributed by atoms with van der Waals surface area (Å²) in [6, 6.07) is 8.37. The van der Waals surface area contributed by atoms with E-state index >= 15 is 0 Å². The minimum Gasteiger partial charge on any atom is -0.391 e. The summed E-state index contributed by atoms with van der Waals surface area (Å²) in [6.45, 7) is 0.179. The molecule has 24 heavy (non-hydrogen) atoms. The van der Waals surface area contributed by atoms with E-state index in [-0.39, 0.29) is 30.0 Å². The first-order valence-corrected chi connectivity index (χ1v) is 7.46. The van der Waals surface area contributed by atoms with Crippen LogP contribution in [0.25, 0.3) is 0 Å². The number of pyridine rings is 1. The van der Waals surface area contributed by atoms with Crippen LogP contribution in [-0.2, 0) is 0 Å². The van der Waals surface area contributed by atoms with Gasteiger partial charge in [-0.3, -0.25) is 14.6 Å². The lowest BCUT2D eigenvalue weighted by Crippen LogP contribution is -2.32. The van der Waals surface area contributed by atoms with E-state index in [4.69, 9.17) is 5.73 Å². The van der Waals surface area contributed by atoms with Crippen LogP contribution < -0.4 is 5.73 Å². The lowest BCUT2D eigenvalue weighted by atomic mass is 10.0. The number of primary amides is 1. The molecule has 1 aromatic carbocycles. The third kappa shape index (κ3) is 3.11. The molecule has 2 aromatic rings. The number of nitrogens with two attached hydrogens (primary N) is 1. The average molecular weight is 329 g/mol. The molecule has 1 aliphatic rings. The first kappa shape index (κ1) is 16.1. The number of hydrogen-bond acceptors (Lipinski definition) is 4. The molecule has 2 heterocycles. The number of benzene rings is 1. The number of nitrogens with zero attached hydrogens (tertiary/aromatic N) is 2. The van der Waals surface area contributed by atoms with Crippen molar-refractivity contribution in [3.63, 3.8) is 0 Å². The second-order valence-electron chi connectivity index (χ2n) is 5.71. The summed E-state index contributed by atoms with van der Waals surface area (Å²) in [7, 11) is 0. The Labute approximate surface area is 137 Å². The van der Waals surface area contributed by atoms with E-state index in [2.05, 4.69) is 4.98 Å². The molecular weight excluding hydrogens is 313 g/mol. The van der Waals surface area contributed by atoms with Crippen LogP contribution in [0.2, 0.25) is 0 Å². The SMILES string of the molecule is NC(=O)c1ccc(C(=O)N2C[C@H](O)C[C@@H]2c2ccc(F)cc2)cn1. The van der Waals surface area contributed by atoms with Crippen LogP contribution >= 0.6 is 0 Å². The van der Waals surface area contributed by atoms with Crippen LogP contribution in [0.1, 0.15) is 38.9 Å². The second kappa shape index (κ2) is 6.37. The third-order valence-corrected chi connectivity index (χ3v) is 4.06. The zero-order valence-electron chi connectivity index (χ0n) is 12.7. The lowest BCUT2D eigenvalue weighted by Gasteiger charge is -2.24. The molecule has 2 atom stereocenters. The van der Waals surface area contributed by atoms with Crippen molar-refractivity contribution in [1.82, 2.24) is 9.88 Å². The number of likely N-dealkylation sites (tertiary alicyclic amines) is 1. The number of carbonyl (C=O) groups is 2. The Hall–Kier alpha value is -2.80. The second-order valence-corrected chi connectivity index (χ2v) is 5.71. The highest BCUT2D eigenvalue weighted by atomic mass is 19.1. The maximum Gasteiger partial charge on any atom is 0.267 e. The predicted molar refractivity (Wildman–Crippen MR) is 83.6 cm³/mol. The summed E-state index contributed by atoms with van der Waals surface area (Å²) in [5, 5.41) is 9.95. The molecule has 0 unspecified atom stereocenters. The molecule has 0 aliphatic carbocycles. The van der Waals surface area contributed by atoms with E-state index in [1.54, 1.807) is 12.1 Å². The smallest absolute Gasteiger partial charge is 0.267 e. The van der Waals surface area contributed by atoms with E-state index in [1.807, 2.05) is 0 Å². The number of aliphatic hydroxyl groups excluding tert-OH is 1. The van der Waals surface area contributed by atoms with Gasteiger partial charge in [-0.05, 0) is 36.2 Å². The molecule has 1 aromatic heterocycles. The van der Waals surface area contributed by atoms with Crippen molar-refractivity contribution in [3.05, 3.63) is 65.2 Å². The average Bonchev–Trinajstić information content (AvgIpc) is 2.96. The fraction of sp³-hybridized carbons (Fsp3) is 0.235. The molecule has 3 N–H and O–H groups in total. The normalized spacial score (nSPS) is 20.2. The highest BCUT2D eigenvalue weighted by molar-refractivity contribution is 5.96. The molecule has 0 radical (unpaired) electrons. The summed E-state index contributed by atoms with van der Waals surface area (Å²) in [5.74, 6) is -1.35. The third-order valence-electron chi connectivity index (χ3n) is 4.06. The van der Waals surface area contributed by atoms with Gasteiger partial charge in [-0.25, -0.2) is 4.39 Å². The maximum atomic E-state index is 13.1. The molecule has 1 aliphatic heterocycles. The Morgan fingerprint density at radius 2 is 1.92 bits per heavy atom. The molecule has 1 saturated heterocycles. The number of aliphatic hydroxyl groups is 1. The monoisotopic (exact) mass is 329 g/mol. The Bertz CT molecular complexity index is 762. The van der Waals surface area contributed by atoms with E-state index in [0.717, 1.165) is 5.56 Å². The van der Waals surface area contributed by atoms with Crippen molar-refractivity contribution in [1.29, 1.82) is 0 Å². The van der Waals surface area contributed by atoms with Gasteiger partial charge in [0.25, 0.3) is 11.8 Å². The van der Waals surface area contributed by atoms with E-state index < -0.39 is 12.0 Å². The standard InChI is InChI=1S/C17H16FN3O3/c18-12-4-1-10(2-5-12)15-7-13(22)9-21(15)17(24)11-3-6-14(16(19)23)20-8-11/h1-6,8,13,15,22H,7,9H2,(H2,19,23)/t13-,15-/m1/s1. The number of halogens is 1. The van der Waals surface area contributed by atoms with Crippen molar-refractivity contribution in [2.24, 2.45) is 5.73 Å². The van der Waals surface area contributed by atoms with E-state index in [0.29, 0.717) is 12.0 Å². The molecule has 124 valence electrons. The topological polar surface area (TPSA) is 96.5 Å². The predicted octanol–water partition coefficient (Wildman–Crippen LogP) is 1.27. The van der Waals surface area contributed by atoms with Gasteiger partial charge in [-0.2, -0.15) is 0 Å². The summed E-state index contributed by atoms with van der Waals surface area (Å²) >= 11 is 0. The van der Waals surface area contributed by atoms with Crippen molar-refractivity contribution >= 4 is 11.8 Å². The Kier molecular flexibility index (Phi) is 4.26. The number of aromatic nitrogens is 1. The zero-order chi connectivity index (χ0) is 17.3. The van der Waals surface area contributed by atoms with E-state index in [1.165, 1.54) is 35.4 Å². The van der Waals surface area contributed by atoms with Crippen LogP contribution in [0.15, 0.2) is 42.6 Å². The number of amides is 2. The zero-order valence-corrected chi connectivity index (χ0v) is 12.7. The van der Waals surface area contributed by atoms with Gasteiger partial charge in [0.1, 0.15) is 11.5 Å². The quantitative estimate of drug-likeness (QED) is 0.886. The van der Waals surface area contributed by atoms with Gasteiger partial charge >= 0.3 is 0 Å². The number of hydrogen-bond donors (Lipinski definition) is 2. The Morgan fingerprint density at radius 3 is 2.50 bits per heavy atom. The van der Waals surface area contributed by atoms with Crippen LogP contribution in [-0.4, -0.2) is 39.5 Å². The molecule has 0 bridgehead atoms.